The number of ether oxygens (including phenoxy) is 2. The molecule has 4 rings (SSSR count). The number of esters is 2. The minimum Gasteiger partial charge on any atom is -0.462 e. The molecule has 2 aliphatic heterocycles. The number of hydrogen-bond donors (Lipinski definition) is 0. The number of fused-ring (bicyclic) bond motifs is 9. The van der Waals surface area contributed by atoms with Gasteiger partial charge in [0.15, 0.2) is 0 Å². The monoisotopic (exact) mass is 296 g/mol. The summed E-state index contributed by atoms with van der Waals surface area (Å²) in [6.45, 7) is 0.649. The Morgan fingerprint density at radius 2 is 1.18 bits per heavy atom. The fourth-order valence-corrected chi connectivity index (χ4v) is 2.33. The summed E-state index contributed by atoms with van der Waals surface area (Å²) < 4.78 is 10.4. The molecule has 112 valence electrons. The Labute approximate surface area is 128 Å². The molecule has 0 fully saturated rings. The summed E-state index contributed by atoms with van der Waals surface area (Å²) in [7, 11) is 0. The van der Waals surface area contributed by atoms with Crippen molar-refractivity contribution in [1.29, 1.82) is 0 Å². The van der Waals surface area contributed by atoms with Gasteiger partial charge in [0.2, 0.25) is 0 Å². The molecule has 0 aliphatic carbocycles. The highest BCUT2D eigenvalue weighted by Gasteiger charge is 2.11. The molecule has 0 unspecified atom stereocenters. The van der Waals surface area contributed by atoms with Crippen LogP contribution in [0.15, 0.2) is 48.5 Å². The molecule has 4 bridgehead atoms. The van der Waals surface area contributed by atoms with E-state index in [4.69, 9.17) is 9.47 Å². The summed E-state index contributed by atoms with van der Waals surface area (Å²) >= 11 is 0. The lowest BCUT2D eigenvalue weighted by Crippen LogP contribution is -2.09. The van der Waals surface area contributed by atoms with Crippen LogP contribution in [-0.2, 0) is 9.47 Å². The lowest BCUT2D eigenvalue weighted by atomic mass is 10.0. The minimum atomic E-state index is -0.328. The fourth-order valence-electron chi connectivity index (χ4n) is 2.33. The van der Waals surface area contributed by atoms with E-state index in [1.165, 1.54) is 0 Å². The molecule has 4 heteroatoms. The van der Waals surface area contributed by atoms with E-state index in [1.807, 2.05) is 24.3 Å². The Hall–Kier alpha value is -2.62. The topological polar surface area (TPSA) is 52.6 Å². The van der Waals surface area contributed by atoms with Gasteiger partial charge in [0.25, 0.3) is 0 Å². The maximum atomic E-state index is 12.0. The Balaban J connectivity index is 1.97. The first-order valence-corrected chi connectivity index (χ1v) is 7.29. The molecule has 2 heterocycles. The van der Waals surface area contributed by atoms with E-state index in [2.05, 4.69) is 0 Å². The molecular formula is C18H16O4. The molecule has 0 spiro atoms. The van der Waals surface area contributed by atoms with Crippen LogP contribution in [0.4, 0.5) is 0 Å². The number of rotatable bonds is 0. The van der Waals surface area contributed by atoms with Crippen LogP contribution in [-0.4, -0.2) is 25.2 Å². The second-order valence-corrected chi connectivity index (χ2v) is 5.14. The standard InChI is InChI=1S/C18H16O4/c19-17-14-8-6-13(7-9-14)15-4-3-5-16(12-15)18(20)22-11-2-1-10-21-17/h3-9,12H,1-2,10-11H2. The van der Waals surface area contributed by atoms with Gasteiger partial charge in [-0.2, -0.15) is 0 Å². The number of carbonyl (C=O) groups excluding carboxylic acids is 2. The summed E-state index contributed by atoms with van der Waals surface area (Å²) in [5, 5.41) is 0. The first-order valence-electron chi connectivity index (χ1n) is 7.29. The second-order valence-electron chi connectivity index (χ2n) is 5.14. The molecule has 0 atom stereocenters. The molecule has 2 aliphatic rings. The third-order valence-electron chi connectivity index (χ3n) is 3.56. The van der Waals surface area contributed by atoms with Crippen LogP contribution in [0.5, 0.6) is 0 Å². The molecule has 0 N–H and O–H groups in total. The highest BCUT2D eigenvalue weighted by atomic mass is 16.5. The van der Waals surface area contributed by atoms with Crippen LogP contribution < -0.4 is 0 Å². The highest BCUT2D eigenvalue weighted by molar-refractivity contribution is 5.92. The lowest BCUT2D eigenvalue weighted by Gasteiger charge is -2.06. The van der Waals surface area contributed by atoms with Crippen molar-refractivity contribution in [2.24, 2.45) is 0 Å². The van der Waals surface area contributed by atoms with Crippen molar-refractivity contribution in [3.8, 4) is 11.1 Å². The summed E-state index contributed by atoms with van der Waals surface area (Å²) in [6, 6.07) is 14.5. The van der Waals surface area contributed by atoms with Crippen LogP contribution in [0.3, 0.4) is 0 Å². The molecule has 22 heavy (non-hydrogen) atoms. The first-order chi connectivity index (χ1) is 10.7. The van der Waals surface area contributed by atoms with Crippen LogP contribution in [0, 0.1) is 0 Å². The largest absolute Gasteiger partial charge is 0.462 e. The van der Waals surface area contributed by atoms with Crippen molar-refractivity contribution < 1.29 is 19.1 Å². The predicted octanol–water partition coefficient (Wildman–Crippen LogP) is 3.46. The zero-order valence-electron chi connectivity index (χ0n) is 12.1. The third-order valence-corrected chi connectivity index (χ3v) is 3.56. The van der Waals surface area contributed by atoms with E-state index < -0.39 is 0 Å². The van der Waals surface area contributed by atoms with Gasteiger partial charge in [-0.15, -0.1) is 0 Å². The van der Waals surface area contributed by atoms with E-state index >= 15 is 0 Å². The minimum absolute atomic E-state index is 0.324. The molecule has 4 nitrogen and oxygen atoms in total. The predicted molar refractivity (Wildman–Crippen MR) is 81.7 cm³/mol. The smallest absolute Gasteiger partial charge is 0.338 e. The zero-order chi connectivity index (χ0) is 15.4. The molecule has 0 saturated carbocycles. The van der Waals surface area contributed by atoms with Crippen molar-refractivity contribution in [2.45, 2.75) is 12.8 Å². The number of hydrogen-bond acceptors (Lipinski definition) is 4. The van der Waals surface area contributed by atoms with Crippen molar-refractivity contribution in [3.63, 3.8) is 0 Å². The van der Waals surface area contributed by atoms with Crippen molar-refractivity contribution in [1.82, 2.24) is 0 Å². The summed E-state index contributed by atoms with van der Waals surface area (Å²) in [5.74, 6) is -0.655. The Morgan fingerprint density at radius 1 is 0.636 bits per heavy atom. The highest BCUT2D eigenvalue weighted by Crippen LogP contribution is 2.22. The van der Waals surface area contributed by atoms with Gasteiger partial charge >= 0.3 is 11.9 Å². The molecule has 2 aromatic carbocycles. The van der Waals surface area contributed by atoms with Gasteiger partial charge in [0.1, 0.15) is 0 Å². The fraction of sp³-hybridized carbons (Fsp3) is 0.222. The molecule has 0 amide bonds. The third kappa shape index (κ3) is 3.17. The SMILES string of the molecule is O=C1OCCCCOC(=O)c2cccc(c2)-c2ccc1cc2. The van der Waals surface area contributed by atoms with E-state index in [1.54, 1.807) is 24.3 Å². The quantitative estimate of drug-likeness (QED) is 0.699. The number of benzene rings is 2. The number of carbonyl (C=O) groups is 2. The van der Waals surface area contributed by atoms with Crippen LogP contribution in [0.2, 0.25) is 0 Å². The van der Waals surface area contributed by atoms with E-state index in [9.17, 15) is 9.59 Å². The average molecular weight is 296 g/mol. The first kappa shape index (κ1) is 14.3. The zero-order valence-corrected chi connectivity index (χ0v) is 12.1. The van der Waals surface area contributed by atoms with Crippen LogP contribution >= 0.6 is 0 Å². The van der Waals surface area contributed by atoms with Gasteiger partial charge in [-0.3, -0.25) is 0 Å². The van der Waals surface area contributed by atoms with Gasteiger partial charge in [0, 0.05) is 0 Å². The molecule has 0 radical (unpaired) electrons. The van der Waals surface area contributed by atoms with Gasteiger partial charge in [0.05, 0.1) is 24.3 Å². The van der Waals surface area contributed by atoms with E-state index in [0.717, 1.165) is 11.1 Å². The molecule has 0 saturated heterocycles. The normalized spacial score (nSPS) is 15.5. The van der Waals surface area contributed by atoms with Crippen molar-refractivity contribution >= 4 is 11.9 Å². The van der Waals surface area contributed by atoms with E-state index in [0.29, 0.717) is 37.2 Å². The second kappa shape index (κ2) is 6.43. The molecular weight excluding hydrogens is 280 g/mol. The maximum Gasteiger partial charge on any atom is 0.338 e. The van der Waals surface area contributed by atoms with E-state index in [-0.39, 0.29) is 11.9 Å². The van der Waals surface area contributed by atoms with Gasteiger partial charge in [-0.05, 0) is 48.2 Å². The van der Waals surface area contributed by atoms with Gasteiger partial charge in [-0.1, -0.05) is 24.3 Å². The summed E-state index contributed by atoms with van der Waals surface area (Å²) in [6.07, 6.45) is 1.33. The summed E-state index contributed by atoms with van der Waals surface area (Å²) in [4.78, 5) is 23.9. The average Bonchev–Trinajstić information content (AvgIpc) is 2.57. The Morgan fingerprint density at radius 3 is 1.86 bits per heavy atom. The van der Waals surface area contributed by atoms with Crippen LogP contribution in [0.1, 0.15) is 33.6 Å². The summed E-state index contributed by atoms with van der Waals surface area (Å²) in [5.41, 5.74) is 2.90. The van der Waals surface area contributed by atoms with Crippen molar-refractivity contribution in [2.75, 3.05) is 13.2 Å². The molecule has 2 aromatic rings. The van der Waals surface area contributed by atoms with Gasteiger partial charge in [-0.25, -0.2) is 9.59 Å². The van der Waals surface area contributed by atoms with Crippen LogP contribution in [0.25, 0.3) is 11.1 Å². The Kier molecular flexibility index (Phi) is 4.19. The maximum absolute atomic E-state index is 12.0. The van der Waals surface area contributed by atoms with Gasteiger partial charge < -0.3 is 9.47 Å². The van der Waals surface area contributed by atoms with Crippen molar-refractivity contribution in [3.05, 3.63) is 59.7 Å². The lowest BCUT2D eigenvalue weighted by molar-refractivity contribution is 0.0432. The molecule has 0 aromatic heterocycles. The Bertz CT molecular complexity index is 688.